The van der Waals surface area contributed by atoms with E-state index in [-0.39, 0.29) is 37.0 Å². The third-order valence-electron chi connectivity index (χ3n) is 5.64. The van der Waals surface area contributed by atoms with Crippen LogP contribution in [-0.2, 0) is 9.59 Å². The van der Waals surface area contributed by atoms with E-state index in [0.717, 1.165) is 12.5 Å². The fourth-order valence-corrected chi connectivity index (χ4v) is 4.64. The van der Waals surface area contributed by atoms with E-state index in [0.29, 0.717) is 17.8 Å². The van der Waals surface area contributed by atoms with Gasteiger partial charge >= 0.3 is 0 Å². The molecule has 2 aromatic rings. The van der Waals surface area contributed by atoms with Gasteiger partial charge in [0.05, 0.1) is 11.4 Å². The van der Waals surface area contributed by atoms with Crippen LogP contribution in [0.5, 0.6) is 0 Å². The highest BCUT2D eigenvalue weighted by molar-refractivity contribution is 7.12. The van der Waals surface area contributed by atoms with Crippen molar-refractivity contribution in [2.75, 3.05) is 26.2 Å². The van der Waals surface area contributed by atoms with Gasteiger partial charge in [-0.25, -0.2) is 4.39 Å². The second kappa shape index (κ2) is 9.47. The topological polar surface area (TPSA) is 98.8 Å². The van der Waals surface area contributed by atoms with Crippen molar-refractivity contribution in [2.45, 2.75) is 24.9 Å². The molecule has 2 N–H and O–H groups in total. The number of nitrogens with one attached hydrogen (secondary N) is 2. The Bertz CT molecular complexity index is 1030. The Kier molecular flexibility index (Phi) is 6.50. The molecular weight excluding hydrogens is 435 g/mol. The molecule has 2 aliphatic rings. The number of benzene rings is 1. The molecule has 0 radical (unpaired) electrons. The van der Waals surface area contributed by atoms with E-state index in [1.54, 1.807) is 17.5 Å². The molecule has 8 nitrogen and oxygen atoms in total. The first-order valence-electron chi connectivity index (χ1n) is 10.4. The summed E-state index contributed by atoms with van der Waals surface area (Å²) >= 11 is 1.27. The first kappa shape index (κ1) is 21.9. The Morgan fingerprint density at radius 3 is 2.69 bits per heavy atom. The van der Waals surface area contributed by atoms with E-state index in [9.17, 15) is 23.6 Å². The summed E-state index contributed by atoms with van der Waals surface area (Å²) in [7, 11) is 0. The molecule has 4 rings (SSSR count). The van der Waals surface area contributed by atoms with Gasteiger partial charge in [0.1, 0.15) is 17.9 Å². The molecule has 2 atom stereocenters. The molecule has 10 heteroatoms. The molecular formula is C22H23FN4O4S. The van der Waals surface area contributed by atoms with Gasteiger partial charge in [-0.05, 0) is 42.5 Å². The molecule has 2 aliphatic heterocycles. The summed E-state index contributed by atoms with van der Waals surface area (Å²) in [5.74, 6) is -2.00. The maximum Gasteiger partial charge on any atom is 0.264 e. The standard InChI is InChI=1S/C22H23FN4O4S/c23-15-5-1-4-14(12-15)21(30)26-9-10-27(22(31)18-7-3-11-32-18)17(13-26)20(29)25-16-6-2-8-24-19(16)28/h1,3-5,7,11-12,16-17H,2,6,8-10,13H2,(H,24,28)(H,25,29). The number of carbonyl (C=O) groups is 4. The van der Waals surface area contributed by atoms with Crippen molar-refractivity contribution in [3.8, 4) is 0 Å². The monoisotopic (exact) mass is 458 g/mol. The van der Waals surface area contributed by atoms with Gasteiger partial charge in [0, 0.05) is 25.2 Å². The lowest BCUT2D eigenvalue weighted by molar-refractivity contribution is -0.133. The number of carbonyl (C=O) groups excluding carboxylic acids is 4. The van der Waals surface area contributed by atoms with Crippen molar-refractivity contribution in [3.05, 3.63) is 58.0 Å². The van der Waals surface area contributed by atoms with Gasteiger partial charge in [-0.1, -0.05) is 12.1 Å². The minimum absolute atomic E-state index is 0.0490. The molecule has 0 aliphatic carbocycles. The summed E-state index contributed by atoms with van der Waals surface area (Å²) < 4.78 is 13.6. The molecule has 1 aromatic carbocycles. The number of thiophene rings is 1. The zero-order valence-corrected chi connectivity index (χ0v) is 18.1. The van der Waals surface area contributed by atoms with Crippen molar-refractivity contribution in [2.24, 2.45) is 0 Å². The van der Waals surface area contributed by atoms with Crippen LogP contribution in [0.4, 0.5) is 4.39 Å². The van der Waals surface area contributed by atoms with Crippen molar-refractivity contribution >= 4 is 35.0 Å². The number of piperazine rings is 1. The minimum atomic E-state index is -0.967. The highest BCUT2D eigenvalue weighted by atomic mass is 32.1. The molecule has 32 heavy (non-hydrogen) atoms. The van der Waals surface area contributed by atoms with E-state index < -0.39 is 29.7 Å². The molecule has 168 valence electrons. The lowest BCUT2D eigenvalue weighted by Crippen LogP contribution is -2.63. The normalized spacial score (nSPS) is 21.1. The first-order valence-corrected chi connectivity index (χ1v) is 11.3. The number of piperidine rings is 1. The zero-order valence-electron chi connectivity index (χ0n) is 17.3. The molecule has 0 bridgehead atoms. The Morgan fingerprint density at radius 1 is 1.12 bits per heavy atom. The van der Waals surface area contributed by atoms with E-state index in [2.05, 4.69) is 10.6 Å². The quantitative estimate of drug-likeness (QED) is 0.721. The number of rotatable bonds is 4. The summed E-state index contributed by atoms with van der Waals surface area (Å²) in [6, 6.07) is 7.15. The third-order valence-corrected chi connectivity index (χ3v) is 6.49. The number of hydrogen-bond acceptors (Lipinski definition) is 5. The maximum absolute atomic E-state index is 13.6. The molecule has 2 saturated heterocycles. The highest BCUT2D eigenvalue weighted by Gasteiger charge is 2.39. The summed E-state index contributed by atoms with van der Waals surface area (Å²) in [6.45, 7) is 0.868. The fraction of sp³-hybridized carbons (Fsp3) is 0.364. The number of amides is 4. The van der Waals surface area contributed by atoms with Crippen molar-refractivity contribution < 1.29 is 23.6 Å². The van der Waals surface area contributed by atoms with Gasteiger partial charge in [-0.15, -0.1) is 11.3 Å². The van der Waals surface area contributed by atoms with Crippen LogP contribution in [0.2, 0.25) is 0 Å². The van der Waals surface area contributed by atoms with Crippen molar-refractivity contribution in [3.63, 3.8) is 0 Å². The molecule has 2 unspecified atom stereocenters. The van der Waals surface area contributed by atoms with Gasteiger partial charge in [0.2, 0.25) is 11.8 Å². The summed E-state index contributed by atoms with van der Waals surface area (Å²) in [4.78, 5) is 54.6. The van der Waals surface area contributed by atoms with Gasteiger partial charge in [0.25, 0.3) is 11.8 Å². The van der Waals surface area contributed by atoms with E-state index in [1.165, 1.54) is 39.3 Å². The van der Waals surface area contributed by atoms with Gasteiger partial charge in [-0.3, -0.25) is 19.2 Å². The van der Waals surface area contributed by atoms with Crippen LogP contribution in [-0.4, -0.2) is 71.7 Å². The fourth-order valence-electron chi connectivity index (χ4n) is 3.96. The first-order chi connectivity index (χ1) is 15.4. The minimum Gasteiger partial charge on any atom is -0.354 e. The van der Waals surface area contributed by atoms with E-state index in [1.807, 2.05) is 0 Å². The Morgan fingerprint density at radius 2 is 1.97 bits per heavy atom. The molecule has 1 aromatic heterocycles. The average Bonchev–Trinajstić information content (AvgIpc) is 3.34. The number of hydrogen-bond donors (Lipinski definition) is 2. The van der Waals surface area contributed by atoms with E-state index in [4.69, 9.17) is 0 Å². The van der Waals surface area contributed by atoms with Crippen LogP contribution in [0.1, 0.15) is 32.9 Å². The second-order valence-electron chi connectivity index (χ2n) is 7.75. The molecule has 2 fully saturated rings. The Hall–Kier alpha value is -3.27. The number of nitrogens with zero attached hydrogens (tertiary/aromatic N) is 2. The van der Waals surface area contributed by atoms with Crippen LogP contribution < -0.4 is 10.6 Å². The maximum atomic E-state index is 13.6. The van der Waals surface area contributed by atoms with Crippen molar-refractivity contribution in [1.29, 1.82) is 0 Å². The predicted molar refractivity (Wildman–Crippen MR) is 116 cm³/mol. The Labute approximate surface area is 188 Å². The van der Waals surface area contributed by atoms with Gasteiger partial charge < -0.3 is 20.4 Å². The number of halogens is 1. The largest absolute Gasteiger partial charge is 0.354 e. The summed E-state index contributed by atoms with van der Waals surface area (Å²) in [5.41, 5.74) is 0.175. The molecule has 4 amide bonds. The summed E-state index contributed by atoms with van der Waals surface area (Å²) in [6.07, 6.45) is 1.25. The SMILES string of the molecule is O=C1NCCCC1NC(=O)C1CN(C(=O)c2cccc(F)c2)CCN1C(=O)c1cccs1. The molecule has 0 saturated carbocycles. The zero-order chi connectivity index (χ0) is 22.7. The molecule has 0 spiro atoms. The van der Waals surface area contributed by atoms with Gasteiger partial charge in [0.15, 0.2) is 0 Å². The third kappa shape index (κ3) is 4.64. The molecule has 3 heterocycles. The highest BCUT2D eigenvalue weighted by Crippen LogP contribution is 2.20. The summed E-state index contributed by atoms with van der Waals surface area (Å²) in [5, 5.41) is 7.23. The van der Waals surface area contributed by atoms with Gasteiger partial charge in [-0.2, -0.15) is 0 Å². The van der Waals surface area contributed by atoms with Crippen LogP contribution in [0.15, 0.2) is 41.8 Å². The Balaban J connectivity index is 1.55. The smallest absolute Gasteiger partial charge is 0.264 e. The van der Waals surface area contributed by atoms with Crippen LogP contribution in [0.3, 0.4) is 0 Å². The predicted octanol–water partition coefficient (Wildman–Crippen LogP) is 1.25. The van der Waals surface area contributed by atoms with Crippen LogP contribution in [0, 0.1) is 5.82 Å². The second-order valence-corrected chi connectivity index (χ2v) is 8.70. The van der Waals surface area contributed by atoms with Crippen LogP contribution >= 0.6 is 11.3 Å². The lowest BCUT2D eigenvalue weighted by Gasteiger charge is -2.41. The lowest BCUT2D eigenvalue weighted by atomic mass is 10.0. The van der Waals surface area contributed by atoms with Crippen molar-refractivity contribution in [1.82, 2.24) is 20.4 Å². The average molecular weight is 459 g/mol. The van der Waals surface area contributed by atoms with Crippen LogP contribution in [0.25, 0.3) is 0 Å². The van der Waals surface area contributed by atoms with E-state index >= 15 is 0 Å².